The van der Waals surface area contributed by atoms with Crippen LogP contribution >= 0.6 is 11.6 Å². The molecule has 0 saturated heterocycles. The summed E-state index contributed by atoms with van der Waals surface area (Å²) in [6, 6.07) is 14.7. The summed E-state index contributed by atoms with van der Waals surface area (Å²) in [5.41, 5.74) is 5.91. The zero-order chi connectivity index (χ0) is 15.1. The number of nitrogen functional groups attached to an aromatic ring is 1. The Kier molecular flexibility index (Phi) is 5.46. The number of nitrogens with two attached hydrogens (primary N) is 1. The first kappa shape index (κ1) is 15.2. The molecule has 0 heterocycles. The summed E-state index contributed by atoms with van der Waals surface area (Å²) in [5, 5.41) is 7.77. The summed E-state index contributed by atoms with van der Waals surface area (Å²) in [4.78, 5) is 0. The fourth-order valence-corrected chi connectivity index (χ4v) is 2.03. The van der Waals surface area contributed by atoms with Crippen LogP contribution in [0.1, 0.15) is 12.0 Å². The van der Waals surface area contributed by atoms with E-state index < -0.39 is 0 Å². The summed E-state index contributed by atoms with van der Waals surface area (Å²) in [5.74, 6) is 1.46. The molecule has 21 heavy (non-hydrogen) atoms. The van der Waals surface area contributed by atoms with Crippen LogP contribution < -0.4 is 15.2 Å². The zero-order valence-electron chi connectivity index (χ0n) is 11.5. The molecule has 0 radical (unpaired) electrons. The first-order chi connectivity index (χ1) is 10.2. The maximum atomic E-state index is 7.36. The summed E-state index contributed by atoms with van der Waals surface area (Å²) in [7, 11) is 0. The molecule has 4 nitrogen and oxygen atoms in total. The predicted octanol–water partition coefficient (Wildman–Crippen LogP) is 3.47. The SMILES string of the molecule is N=C(N)c1ccc(OCCCOc2ccccc2)cc1Cl. The minimum atomic E-state index is -0.0530. The summed E-state index contributed by atoms with van der Waals surface area (Å²) < 4.78 is 11.2. The van der Waals surface area contributed by atoms with Gasteiger partial charge in [-0.2, -0.15) is 0 Å². The fraction of sp³-hybridized carbons (Fsp3) is 0.188. The van der Waals surface area contributed by atoms with E-state index >= 15 is 0 Å². The molecule has 0 bridgehead atoms. The van der Waals surface area contributed by atoms with Gasteiger partial charge in [0, 0.05) is 12.0 Å². The van der Waals surface area contributed by atoms with E-state index in [1.165, 1.54) is 0 Å². The van der Waals surface area contributed by atoms with Gasteiger partial charge in [0.1, 0.15) is 17.3 Å². The molecule has 2 rings (SSSR count). The van der Waals surface area contributed by atoms with Gasteiger partial charge < -0.3 is 15.2 Å². The second-order valence-electron chi connectivity index (χ2n) is 4.42. The molecule has 0 aliphatic heterocycles. The van der Waals surface area contributed by atoms with Crippen molar-refractivity contribution in [3.63, 3.8) is 0 Å². The van der Waals surface area contributed by atoms with Gasteiger partial charge in [0.05, 0.1) is 18.2 Å². The lowest BCUT2D eigenvalue weighted by atomic mass is 10.2. The van der Waals surface area contributed by atoms with E-state index in [1.807, 2.05) is 30.3 Å². The van der Waals surface area contributed by atoms with Crippen molar-refractivity contribution in [2.24, 2.45) is 5.73 Å². The first-order valence-electron chi connectivity index (χ1n) is 6.61. The van der Waals surface area contributed by atoms with Crippen molar-refractivity contribution in [3.05, 3.63) is 59.1 Å². The Morgan fingerprint density at radius 1 is 1.00 bits per heavy atom. The van der Waals surface area contributed by atoms with Crippen LogP contribution in [0.2, 0.25) is 5.02 Å². The van der Waals surface area contributed by atoms with Crippen molar-refractivity contribution in [1.29, 1.82) is 5.41 Å². The summed E-state index contributed by atoms with van der Waals surface area (Å²) in [6.45, 7) is 1.12. The van der Waals surface area contributed by atoms with Crippen LogP contribution in [0.3, 0.4) is 0 Å². The van der Waals surface area contributed by atoms with Gasteiger partial charge >= 0.3 is 0 Å². The number of ether oxygens (including phenoxy) is 2. The van der Waals surface area contributed by atoms with Gasteiger partial charge in [-0.3, -0.25) is 5.41 Å². The minimum Gasteiger partial charge on any atom is -0.493 e. The van der Waals surface area contributed by atoms with Crippen LogP contribution in [0.5, 0.6) is 11.5 Å². The van der Waals surface area contributed by atoms with Crippen molar-refractivity contribution in [2.45, 2.75) is 6.42 Å². The molecule has 0 fully saturated rings. The quantitative estimate of drug-likeness (QED) is 0.467. The maximum Gasteiger partial charge on any atom is 0.124 e. The highest BCUT2D eigenvalue weighted by Crippen LogP contribution is 2.22. The molecule has 0 amide bonds. The monoisotopic (exact) mass is 304 g/mol. The van der Waals surface area contributed by atoms with Crippen LogP contribution in [-0.4, -0.2) is 19.0 Å². The van der Waals surface area contributed by atoms with E-state index in [4.69, 9.17) is 32.2 Å². The van der Waals surface area contributed by atoms with Crippen molar-refractivity contribution < 1.29 is 9.47 Å². The molecule has 0 aliphatic carbocycles. The minimum absolute atomic E-state index is 0.0530. The Hall–Kier alpha value is -2.20. The van der Waals surface area contributed by atoms with Gasteiger partial charge in [-0.05, 0) is 30.3 Å². The average molecular weight is 305 g/mol. The van der Waals surface area contributed by atoms with E-state index in [9.17, 15) is 0 Å². The van der Waals surface area contributed by atoms with Crippen molar-refractivity contribution in [3.8, 4) is 11.5 Å². The lowest BCUT2D eigenvalue weighted by Crippen LogP contribution is -2.11. The van der Waals surface area contributed by atoms with Gasteiger partial charge in [-0.1, -0.05) is 29.8 Å². The standard InChI is InChI=1S/C16H17ClN2O2/c17-15-11-13(7-8-14(15)16(18)19)21-10-4-9-20-12-5-2-1-3-6-12/h1-3,5-8,11H,4,9-10H2,(H3,18,19). The third-order valence-electron chi connectivity index (χ3n) is 2.80. The van der Waals surface area contributed by atoms with E-state index in [-0.39, 0.29) is 5.84 Å². The van der Waals surface area contributed by atoms with Gasteiger partial charge in [-0.15, -0.1) is 0 Å². The number of halogens is 1. The molecule has 2 aromatic carbocycles. The predicted molar refractivity (Wildman–Crippen MR) is 84.5 cm³/mol. The van der Waals surface area contributed by atoms with E-state index in [2.05, 4.69) is 0 Å². The van der Waals surface area contributed by atoms with Crippen molar-refractivity contribution in [1.82, 2.24) is 0 Å². The van der Waals surface area contributed by atoms with Crippen LogP contribution in [-0.2, 0) is 0 Å². The van der Waals surface area contributed by atoms with Gasteiger partial charge in [-0.25, -0.2) is 0 Å². The number of benzene rings is 2. The Morgan fingerprint density at radius 3 is 2.29 bits per heavy atom. The second kappa shape index (κ2) is 7.55. The largest absolute Gasteiger partial charge is 0.493 e. The highest BCUT2D eigenvalue weighted by atomic mass is 35.5. The summed E-state index contributed by atoms with van der Waals surface area (Å²) >= 11 is 6.02. The van der Waals surface area contributed by atoms with Gasteiger partial charge in [0.2, 0.25) is 0 Å². The van der Waals surface area contributed by atoms with Crippen LogP contribution in [0.4, 0.5) is 0 Å². The fourth-order valence-electron chi connectivity index (χ4n) is 1.76. The number of nitrogens with one attached hydrogen (secondary N) is 1. The van der Waals surface area contributed by atoms with Gasteiger partial charge in [0.25, 0.3) is 0 Å². The Morgan fingerprint density at radius 2 is 1.67 bits per heavy atom. The number of hydrogen-bond donors (Lipinski definition) is 2. The van der Waals surface area contributed by atoms with E-state index in [1.54, 1.807) is 18.2 Å². The molecule has 0 unspecified atom stereocenters. The molecule has 0 aliphatic rings. The molecule has 3 N–H and O–H groups in total. The van der Waals surface area contributed by atoms with Crippen LogP contribution in [0.25, 0.3) is 0 Å². The smallest absolute Gasteiger partial charge is 0.124 e. The highest BCUT2D eigenvalue weighted by molar-refractivity contribution is 6.34. The Bertz CT molecular complexity index is 602. The van der Waals surface area contributed by atoms with E-state index in [0.717, 1.165) is 12.2 Å². The van der Waals surface area contributed by atoms with Crippen LogP contribution in [0.15, 0.2) is 48.5 Å². The lowest BCUT2D eigenvalue weighted by Gasteiger charge is -2.09. The number of amidine groups is 1. The molecule has 0 aromatic heterocycles. The molecular weight excluding hydrogens is 288 g/mol. The Balaban J connectivity index is 1.74. The number of hydrogen-bond acceptors (Lipinski definition) is 3. The Labute approximate surface area is 129 Å². The topological polar surface area (TPSA) is 68.3 Å². The van der Waals surface area contributed by atoms with Crippen molar-refractivity contribution in [2.75, 3.05) is 13.2 Å². The normalized spacial score (nSPS) is 10.1. The van der Waals surface area contributed by atoms with Crippen LogP contribution in [0, 0.1) is 5.41 Å². The zero-order valence-corrected chi connectivity index (χ0v) is 12.3. The molecule has 0 saturated carbocycles. The first-order valence-corrected chi connectivity index (χ1v) is 6.99. The average Bonchev–Trinajstić information content (AvgIpc) is 2.47. The van der Waals surface area contributed by atoms with Gasteiger partial charge in [0.15, 0.2) is 0 Å². The number of para-hydroxylation sites is 1. The van der Waals surface area contributed by atoms with Crippen molar-refractivity contribution >= 4 is 17.4 Å². The molecule has 2 aromatic rings. The maximum absolute atomic E-state index is 7.36. The second-order valence-corrected chi connectivity index (χ2v) is 4.83. The summed E-state index contributed by atoms with van der Waals surface area (Å²) in [6.07, 6.45) is 0.765. The molecule has 0 atom stereocenters. The van der Waals surface area contributed by atoms with E-state index in [0.29, 0.717) is 29.5 Å². The highest BCUT2D eigenvalue weighted by Gasteiger charge is 2.05. The number of rotatable bonds is 7. The molecule has 110 valence electrons. The third-order valence-corrected chi connectivity index (χ3v) is 3.11. The third kappa shape index (κ3) is 4.68. The lowest BCUT2D eigenvalue weighted by molar-refractivity contribution is 0.247. The molecular formula is C16H17ClN2O2. The molecule has 0 spiro atoms. The molecule has 5 heteroatoms.